The molecule has 1 fully saturated rings. The number of rotatable bonds is 7. The number of nitrogens with one attached hydrogen (secondary N) is 3. The lowest BCUT2D eigenvalue weighted by Crippen LogP contribution is -2.43. The normalized spacial score (nSPS) is 15.9. The molecule has 0 atom stereocenters. The second kappa shape index (κ2) is 10.3. The van der Waals surface area contributed by atoms with Crippen LogP contribution >= 0.6 is 12.4 Å². The highest BCUT2D eigenvalue weighted by Crippen LogP contribution is 2.26. The Morgan fingerprint density at radius 3 is 2.46 bits per heavy atom. The topological polar surface area (TPSA) is 70.2 Å². The van der Waals surface area contributed by atoms with Gasteiger partial charge in [0.05, 0.1) is 0 Å². The summed E-state index contributed by atoms with van der Waals surface area (Å²) in [5.74, 6) is -0.0213. The second-order valence-electron chi connectivity index (χ2n) is 6.56. The number of amides is 2. The molecule has 6 heteroatoms. The van der Waals surface area contributed by atoms with E-state index in [4.69, 9.17) is 0 Å². The molecule has 2 rings (SSSR count). The molecule has 3 N–H and O–H groups in total. The fourth-order valence-corrected chi connectivity index (χ4v) is 2.75. The van der Waals surface area contributed by atoms with Gasteiger partial charge in [-0.1, -0.05) is 25.1 Å². The standard InChI is InChI=1S/C18H27N3O2.ClH/c1-18(9-12-19-13-10-18)14-21-16(22)8-5-11-20-17(23)15-6-3-2-4-7-15;/h2-4,6-7,19H,5,8-14H2,1H3,(H,20,23)(H,21,22);1H. The fraction of sp³-hybridized carbons (Fsp3) is 0.556. The van der Waals surface area contributed by atoms with Crippen molar-refractivity contribution in [1.29, 1.82) is 0 Å². The molecule has 0 aliphatic carbocycles. The zero-order valence-corrected chi connectivity index (χ0v) is 15.1. The Hall–Kier alpha value is -1.59. The van der Waals surface area contributed by atoms with Gasteiger partial charge in [0.25, 0.3) is 5.91 Å². The molecule has 1 aromatic rings. The van der Waals surface area contributed by atoms with Crippen LogP contribution in [0.25, 0.3) is 0 Å². The van der Waals surface area contributed by atoms with E-state index in [-0.39, 0.29) is 29.6 Å². The summed E-state index contributed by atoms with van der Waals surface area (Å²) in [6, 6.07) is 9.11. The van der Waals surface area contributed by atoms with Gasteiger partial charge < -0.3 is 16.0 Å². The minimum Gasteiger partial charge on any atom is -0.356 e. The summed E-state index contributed by atoms with van der Waals surface area (Å²) >= 11 is 0. The third-order valence-corrected chi connectivity index (χ3v) is 4.43. The van der Waals surface area contributed by atoms with Crippen molar-refractivity contribution in [1.82, 2.24) is 16.0 Å². The first kappa shape index (κ1) is 20.5. The molecule has 0 saturated carbocycles. The average Bonchev–Trinajstić information content (AvgIpc) is 2.58. The van der Waals surface area contributed by atoms with Gasteiger partial charge in [-0.25, -0.2) is 0 Å². The lowest BCUT2D eigenvalue weighted by molar-refractivity contribution is -0.121. The Balaban J connectivity index is 0.00000288. The van der Waals surface area contributed by atoms with E-state index in [2.05, 4.69) is 22.9 Å². The van der Waals surface area contributed by atoms with E-state index >= 15 is 0 Å². The maximum atomic E-state index is 11.9. The molecule has 0 aromatic heterocycles. The molecule has 1 heterocycles. The Labute approximate surface area is 150 Å². The van der Waals surface area contributed by atoms with Crippen molar-refractivity contribution in [3.05, 3.63) is 35.9 Å². The molecule has 1 aliphatic rings. The Bertz CT molecular complexity index is 516. The highest BCUT2D eigenvalue weighted by Gasteiger charge is 2.26. The Morgan fingerprint density at radius 2 is 1.79 bits per heavy atom. The van der Waals surface area contributed by atoms with Crippen LogP contribution in [0.3, 0.4) is 0 Å². The van der Waals surface area contributed by atoms with Gasteiger partial charge in [0, 0.05) is 25.1 Å². The maximum absolute atomic E-state index is 11.9. The zero-order valence-electron chi connectivity index (χ0n) is 14.3. The maximum Gasteiger partial charge on any atom is 0.251 e. The molecule has 5 nitrogen and oxygen atoms in total. The number of hydrogen-bond acceptors (Lipinski definition) is 3. The van der Waals surface area contributed by atoms with Gasteiger partial charge in [0.1, 0.15) is 0 Å². The predicted molar refractivity (Wildman–Crippen MR) is 98.5 cm³/mol. The molecular weight excluding hydrogens is 326 g/mol. The molecular formula is C18H28ClN3O2. The van der Waals surface area contributed by atoms with E-state index in [1.165, 1.54) is 0 Å². The average molecular weight is 354 g/mol. The van der Waals surface area contributed by atoms with E-state index in [9.17, 15) is 9.59 Å². The first-order valence-electron chi connectivity index (χ1n) is 8.40. The first-order valence-corrected chi connectivity index (χ1v) is 8.40. The highest BCUT2D eigenvalue weighted by atomic mass is 35.5. The van der Waals surface area contributed by atoms with Gasteiger partial charge in [-0.2, -0.15) is 0 Å². The van der Waals surface area contributed by atoms with Crippen molar-refractivity contribution < 1.29 is 9.59 Å². The van der Waals surface area contributed by atoms with E-state index < -0.39 is 0 Å². The SMILES string of the molecule is CC1(CNC(=O)CCCNC(=O)c2ccccc2)CCNCC1.Cl. The van der Waals surface area contributed by atoms with Crippen LogP contribution < -0.4 is 16.0 Å². The lowest BCUT2D eigenvalue weighted by Gasteiger charge is -2.34. The molecule has 0 bridgehead atoms. The number of benzene rings is 1. The van der Waals surface area contributed by atoms with E-state index in [0.29, 0.717) is 24.9 Å². The van der Waals surface area contributed by atoms with Gasteiger partial charge >= 0.3 is 0 Å². The molecule has 0 radical (unpaired) electrons. The van der Waals surface area contributed by atoms with E-state index in [1.54, 1.807) is 12.1 Å². The van der Waals surface area contributed by atoms with Gasteiger partial charge in [0.15, 0.2) is 0 Å². The van der Waals surface area contributed by atoms with Gasteiger partial charge in [-0.05, 0) is 49.9 Å². The van der Waals surface area contributed by atoms with Gasteiger partial charge in [0.2, 0.25) is 5.91 Å². The van der Waals surface area contributed by atoms with Crippen molar-refractivity contribution in [3.63, 3.8) is 0 Å². The van der Waals surface area contributed by atoms with E-state index in [1.807, 2.05) is 18.2 Å². The molecule has 0 spiro atoms. The summed E-state index contributed by atoms with van der Waals surface area (Å²) in [5, 5.41) is 9.21. The van der Waals surface area contributed by atoms with Crippen LogP contribution in [0, 0.1) is 5.41 Å². The second-order valence-corrected chi connectivity index (χ2v) is 6.56. The summed E-state index contributed by atoms with van der Waals surface area (Å²) in [4.78, 5) is 23.7. The molecule has 1 aliphatic heterocycles. The van der Waals surface area contributed by atoms with E-state index in [0.717, 1.165) is 32.5 Å². The van der Waals surface area contributed by atoms with Crippen LogP contribution in [0.5, 0.6) is 0 Å². The Morgan fingerprint density at radius 1 is 1.12 bits per heavy atom. The third-order valence-electron chi connectivity index (χ3n) is 4.43. The van der Waals surface area contributed by atoms with Crippen molar-refractivity contribution in [2.45, 2.75) is 32.6 Å². The summed E-state index contributed by atoms with van der Waals surface area (Å²) in [6.45, 7) is 5.54. The molecule has 0 unspecified atom stereocenters. The molecule has 134 valence electrons. The predicted octanol–water partition coefficient (Wildman–Crippen LogP) is 2.12. The summed E-state index contributed by atoms with van der Waals surface area (Å²) in [6.07, 6.45) is 3.30. The molecule has 1 aromatic carbocycles. The monoisotopic (exact) mass is 353 g/mol. The molecule has 24 heavy (non-hydrogen) atoms. The number of hydrogen-bond donors (Lipinski definition) is 3. The van der Waals surface area contributed by atoms with Crippen LogP contribution in [0.1, 0.15) is 43.0 Å². The third kappa shape index (κ3) is 6.89. The first-order chi connectivity index (χ1) is 11.1. The smallest absolute Gasteiger partial charge is 0.251 e. The number of halogens is 1. The zero-order chi connectivity index (χ0) is 16.5. The van der Waals surface area contributed by atoms with Crippen molar-refractivity contribution in [3.8, 4) is 0 Å². The summed E-state index contributed by atoms with van der Waals surface area (Å²) < 4.78 is 0. The minimum atomic E-state index is -0.0896. The van der Waals surface area contributed by atoms with Crippen LogP contribution in [0.15, 0.2) is 30.3 Å². The largest absolute Gasteiger partial charge is 0.356 e. The van der Waals surface area contributed by atoms with Crippen LogP contribution in [-0.4, -0.2) is 38.0 Å². The van der Waals surface area contributed by atoms with Crippen molar-refractivity contribution in [2.75, 3.05) is 26.2 Å². The molecule has 1 saturated heterocycles. The fourth-order valence-electron chi connectivity index (χ4n) is 2.75. The summed E-state index contributed by atoms with van der Waals surface area (Å²) in [7, 11) is 0. The highest BCUT2D eigenvalue weighted by molar-refractivity contribution is 5.94. The lowest BCUT2D eigenvalue weighted by atomic mass is 9.81. The van der Waals surface area contributed by atoms with Crippen LogP contribution in [0.4, 0.5) is 0 Å². The number of carbonyl (C=O) groups excluding carboxylic acids is 2. The van der Waals surface area contributed by atoms with Gasteiger partial charge in [-0.3, -0.25) is 9.59 Å². The number of piperidine rings is 1. The van der Waals surface area contributed by atoms with Crippen molar-refractivity contribution in [2.24, 2.45) is 5.41 Å². The van der Waals surface area contributed by atoms with Crippen LogP contribution in [-0.2, 0) is 4.79 Å². The quantitative estimate of drug-likeness (QED) is 0.658. The van der Waals surface area contributed by atoms with Crippen LogP contribution in [0.2, 0.25) is 0 Å². The Kier molecular flexibility index (Phi) is 8.79. The summed E-state index contributed by atoms with van der Waals surface area (Å²) in [5.41, 5.74) is 0.860. The van der Waals surface area contributed by atoms with Gasteiger partial charge in [-0.15, -0.1) is 12.4 Å². The van der Waals surface area contributed by atoms with Crippen molar-refractivity contribution >= 4 is 24.2 Å². The minimum absolute atomic E-state index is 0. The molecule has 2 amide bonds. The number of carbonyl (C=O) groups is 2.